The Hall–Kier alpha value is -5.40. The normalized spacial score (nSPS) is 21.5. The standard InChI is InChI=1S/C45H40N4/c1-30-21-33-22-31(2)27-45(26-30,28-33)39-18-10-16-37(25-39)41-23-32(29-46)19-20-40(41)36-15-9-17-38(24-36)44-48-42(34-11-5-3-6-12-34)47-43(49-44)35-13-7-4-8-14-35/h3-20,23-25,30-31,33H,21-22,26-28H2,1-2H3/t30-,31+,33?,45?. The van der Waals surface area contributed by atoms with Crippen LogP contribution in [0.25, 0.3) is 56.4 Å². The van der Waals surface area contributed by atoms with Crippen LogP contribution >= 0.6 is 0 Å². The van der Waals surface area contributed by atoms with Gasteiger partial charge in [-0.3, -0.25) is 0 Å². The third-order valence-corrected chi connectivity index (χ3v) is 10.7. The van der Waals surface area contributed by atoms with Gasteiger partial charge >= 0.3 is 0 Å². The van der Waals surface area contributed by atoms with Crippen LogP contribution in [0.5, 0.6) is 0 Å². The Morgan fingerprint density at radius 3 is 1.67 bits per heavy atom. The molecule has 5 aromatic carbocycles. The van der Waals surface area contributed by atoms with Gasteiger partial charge in [0.2, 0.25) is 0 Å². The maximum atomic E-state index is 9.96. The minimum absolute atomic E-state index is 0.231. The minimum Gasteiger partial charge on any atom is -0.208 e. The van der Waals surface area contributed by atoms with Gasteiger partial charge in [-0.2, -0.15) is 5.26 Å². The van der Waals surface area contributed by atoms with Gasteiger partial charge in [0.1, 0.15) is 0 Å². The molecule has 0 saturated heterocycles. The smallest absolute Gasteiger partial charge is 0.164 e. The van der Waals surface area contributed by atoms with Gasteiger partial charge in [-0.25, -0.2) is 15.0 Å². The summed E-state index contributed by atoms with van der Waals surface area (Å²) in [6.07, 6.45) is 6.52. The number of benzene rings is 5. The number of hydrogen-bond acceptors (Lipinski definition) is 4. The van der Waals surface area contributed by atoms with Crippen molar-refractivity contribution in [1.82, 2.24) is 15.0 Å². The maximum absolute atomic E-state index is 9.96. The second-order valence-electron chi connectivity index (χ2n) is 14.5. The number of nitrogens with zero attached hydrogens (tertiary/aromatic N) is 4. The van der Waals surface area contributed by atoms with E-state index in [1.54, 1.807) is 0 Å². The zero-order valence-corrected chi connectivity index (χ0v) is 28.2. The fourth-order valence-electron chi connectivity index (χ4n) is 8.94. The summed E-state index contributed by atoms with van der Waals surface area (Å²) in [7, 11) is 0. The molecular weight excluding hydrogens is 597 g/mol. The summed E-state index contributed by atoms with van der Waals surface area (Å²) in [5, 5.41) is 9.96. The summed E-state index contributed by atoms with van der Waals surface area (Å²) < 4.78 is 0. The van der Waals surface area contributed by atoms with E-state index in [-0.39, 0.29) is 5.41 Å². The Labute approximate surface area is 289 Å². The molecule has 2 unspecified atom stereocenters. The number of rotatable bonds is 6. The molecule has 1 heterocycles. The van der Waals surface area contributed by atoms with Gasteiger partial charge in [0.25, 0.3) is 0 Å². The van der Waals surface area contributed by atoms with Crippen LogP contribution in [0.15, 0.2) is 127 Å². The van der Waals surface area contributed by atoms with Crippen molar-refractivity contribution in [3.63, 3.8) is 0 Å². The monoisotopic (exact) mass is 636 g/mol. The first kappa shape index (κ1) is 30.9. The zero-order chi connectivity index (χ0) is 33.4. The Bertz CT molecular complexity index is 2090. The van der Waals surface area contributed by atoms with Gasteiger partial charge in [0.05, 0.1) is 11.6 Å². The summed E-state index contributed by atoms with van der Waals surface area (Å²) in [5.41, 5.74) is 9.53. The summed E-state index contributed by atoms with van der Waals surface area (Å²) in [5.74, 6) is 4.21. The lowest BCUT2D eigenvalue weighted by Gasteiger charge is -2.50. The average Bonchev–Trinajstić information content (AvgIpc) is 3.14. The molecule has 2 aliphatic carbocycles. The molecule has 4 heteroatoms. The molecule has 0 radical (unpaired) electrons. The van der Waals surface area contributed by atoms with Gasteiger partial charge in [-0.1, -0.05) is 123 Å². The Morgan fingerprint density at radius 2 is 1.06 bits per heavy atom. The minimum atomic E-state index is 0.231. The highest BCUT2D eigenvalue weighted by Gasteiger charge is 2.45. The third kappa shape index (κ3) is 6.18. The van der Waals surface area contributed by atoms with Crippen molar-refractivity contribution in [2.45, 2.75) is 51.4 Å². The van der Waals surface area contributed by atoms with E-state index >= 15 is 0 Å². The van der Waals surface area contributed by atoms with Crippen LogP contribution in [-0.4, -0.2) is 15.0 Å². The Morgan fingerprint density at radius 1 is 0.531 bits per heavy atom. The van der Waals surface area contributed by atoms with Crippen molar-refractivity contribution < 1.29 is 0 Å². The van der Waals surface area contributed by atoms with Crippen LogP contribution in [0.2, 0.25) is 0 Å². The van der Waals surface area contributed by atoms with Crippen molar-refractivity contribution in [2.75, 3.05) is 0 Å². The first-order chi connectivity index (χ1) is 24.0. The SMILES string of the molecule is C[C@@H]1CC2C[C@H](C)CC(c3cccc(-c4cc(C#N)ccc4-c4cccc(-c5nc(-c6ccccc6)nc(-c6ccccc6)n5)c4)c3)(C2)C1. The first-order valence-corrected chi connectivity index (χ1v) is 17.6. The lowest BCUT2D eigenvalue weighted by molar-refractivity contribution is 0.0780. The lowest BCUT2D eigenvalue weighted by atomic mass is 9.54. The van der Waals surface area contributed by atoms with Gasteiger partial charge in [-0.05, 0) is 101 Å². The molecule has 240 valence electrons. The van der Waals surface area contributed by atoms with Gasteiger partial charge in [-0.15, -0.1) is 0 Å². The van der Waals surface area contributed by atoms with Gasteiger partial charge in [0, 0.05) is 16.7 Å². The van der Waals surface area contributed by atoms with E-state index in [1.807, 2.05) is 66.7 Å². The fraction of sp³-hybridized carbons (Fsp3) is 0.244. The van der Waals surface area contributed by atoms with Crippen molar-refractivity contribution in [2.24, 2.45) is 17.8 Å². The molecule has 2 bridgehead atoms. The van der Waals surface area contributed by atoms with E-state index in [0.717, 1.165) is 56.7 Å². The van der Waals surface area contributed by atoms with Crippen LogP contribution in [0, 0.1) is 29.1 Å². The highest BCUT2D eigenvalue weighted by molar-refractivity contribution is 5.86. The second-order valence-corrected chi connectivity index (χ2v) is 14.5. The Kier molecular flexibility index (Phi) is 8.14. The summed E-state index contributed by atoms with van der Waals surface area (Å²) in [6.45, 7) is 4.89. The first-order valence-electron chi connectivity index (χ1n) is 17.6. The average molecular weight is 637 g/mol. The lowest BCUT2D eigenvalue weighted by Crippen LogP contribution is -2.42. The fourth-order valence-corrected chi connectivity index (χ4v) is 8.94. The van der Waals surface area contributed by atoms with E-state index in [0.29, 0.717) is 23.0 Å². The van der Waals surface area contributed by atoms with Crippen molar-refractivity contribution >= 4 is 0 Å². The van der Waals surface area contributed by atoms with Crippen LogP contribution in [-0.2, 0) is 5.41 Å². The molecule has 4 atom stereocenters. The van der Waals surface area contributed by atoms with Crippen molar-refractivity contribution in [1.29, 1.82) is 5.26 Å². The topological polar surface area (TPSA) is 62.5 Å². The highest BCUT2D eigenvalue weighted by Crippen LogP contribution is 2.54. The predicted octanol–water partition coefficient (Wildman–Crippen LogP) is 11.2. The van der Waals surface area contributed by atoms with E-state index in [4.69, 9.17) is 15.0 Å². The van der Waals surface area contributed by atoms with E-state index in [1.165, 1.54) is 37.7 Å². The second kappa shape index (κ2) is 12.9. The largest absolute Gasteiger partial charge is 0.208 e. The van der Waals surface area contributed by atoms with Gasteiger partial charge in [0.15, 0.2) is 17.5 Å². The van der Waals surface area contributed by atoms with E-state index in [2.05, 4.69) is 80.6 Å². The molecule has 0 aliphatic heterocycles. The molecule has 0 N–H and O–H groups in total. The van der Waals surface area contributed by atoms with Gasteiger partial charge < -0.3 is 0 Å². The molecule has 2 aliphatic rings. The molecule has 49 heavy (non-hydrogen) atoms. The molecule has 6 aromatic rings. The summed E-state index contributed by atoms with van der Waals surface area (Å²) in [6, 6.07) is 46.3. The highest BCUT2D eigenvalue weighted by atomic mass is 15.0. The van der Waals surface area contributed by atoms with Crippen LogP contribution in [0.4, 0.5) is 0 Å². The van der Waals surface area contributed by atoms with Crippen molar-refractivity contribution in [3.05, 3.63) is 139 Å². The Balaban J connectivity index is 1.23. The molecule has 1 aromatic heterocycles. The zero-order valence-electron chi connectivity index (χ0n) is 28.2. The predicted molar refractivity (Wildman–Crippen MR) is 198 cm³/mol. The number of fused-ring (bicyclic) bond motifs is 2. The van der Waals surface area contributed by atoms with Crippen LogP contribution in [0.3, 0.4) is 0 Å². The van der Waals surface area contributed by atoms with E-state index < -0.39 is 0 Å². The number of nitriles is 1. The molecule has 2 saturated carbocycles. The molecule has 8 rings (SSSR count). The maximum Gasteiger partial charge on any atom is 0.164 e. The van der Waals surface area contributed by atoms with Crippen LogP contribution < -0.4 is 0 Å². The number of aromatic nitrogens is 3. The van der Waals surface area contributed by atoms with E-state index in [9.17, 15) is 5.26 Å². The molecule has 2 fully saturated rings. The quantitative estimate of drug-likeness (QED) is 0.182. The summed E-state index contributed by atoms with van der Waals surface area (Å²) in [4.78, 5) is 14.8. The van der Waals surface area contributed by atoms with Crippen LogP contribution in [0.1, 0.15) is 57.1 Å². The molecule has 0 spiro atoms. The molecular formula is C45H40N4. The summed E-state index contributed by atoms with van der Waals surface area (Å²) >= 11 is 0. The third-order valence-electron chi connectivity index (χ3n) is 10.7. The van der Waals surface area contributed by atoms with Crippen molar-refractivity contribution in [3.8, 4) is 62.5 Å². The molecule has 0 amide bonds. The molecule has 4 nitrogen and oxygen atoms in total. The number of hydrogen-bond donors (Lipinski definition) is 0.